The van der Waals surface area contributed by atoms with Gasteiger partial charge in [-0.05, 0) is 55.5 Å². The lowest BCUT2D eigenvalue weighted by molar-refractivity contribution is -0.138. The van der Waals surface area contributed by atoms with Gasteiger partial charge in [0.1, 0.15) is 13.1 Å². The van der Waals surface area contributed by atoms with Gasteiger partial charge in [0.15, 0.2) is 6.23 Å². The summed E-state index contributed by atoms with van der Waals surface area (Å²) in [6.07, 6.45) is 3.70. The maximum Gasteiger partial charge on any atom is 0.405 e. The number of imidazole rings is 1. The number of hydrogen-bond acceptors (Lipinski definition) is 5. The van der Waals surface area contributed by atoms with Gasteiger partial charge in [-0.3, -0.25) is 18.9 Å². The molecule has 0 aliphatic carbocycles. The van der Waals surface area contributed by atoms with E-state index in [1.807, 2.05) is 41.3 Å². The molecule has 41 heavy (non-hydrogen) atoms. The third-order valence-corrected chi connectivity index (χ3v) is 7.33. The Hall–Kier alpha value is -4.45. The van der Waals surface area contributed by atoms with E-state index in [0.717, 1.165) is 46.9 Å². The van der Waals surface area contributed by atoms with E-state index in [2.05, 4.69) is 10.1 Å². The van der Waals surface area contributed by atoms with Crippen LogP contribution < -0.4 is 11.0 Å². The Labute approximate surface area is 232 Å². The quantitative estimate of drug-likeness (QED) is 0.317. The van der Waals surface area contributed by atoms with Crippen molar-refractivity contribution >= 4 is 27.8 Å². The molecule has 1 aliphatic rings. The monoisotopic (exact) mass is 564 g/mol. The van der Waals surface area contributed by atoms with Gasteiger partial charge in [0.2, 0.25) is 5.91 Å². The first-order chi connectivity index (χ1) is 19.7. The van der Waals surface area contributed by atoms with Crippen LogP contribution >= 0.6 is 0 Å². The summed E-state index contributed by atoms with van der Waals surface area (Å²) in [7, 11) is 0. The molecular weight excluding hydrogens is 537 g/mol. The topological polar surface area (TPSA) is 96.0 Å². The number of rotatable bonds is 6. The minimum absolute atomic E-state index is 0.122. The molecule has 0 saturated carbocycles. The molecule has 1 unspecified atom stereocenters. The fourth-order valence-electron chi connectivity index (χ4n) is 5.39. The van der Waals surface area contributed by atoms with Crippen LogP contribution in [-0.4, -0.2) is 49.1 Å². The van der Waals surface area contributed by atoms with E-state index in [0.29, 0.717) is 23.3 Å². The molecule has 1 aliphatic heterocycles. The number of aryl methyl sites for hydroxylation is 1. The number of pyridine rings is 1. The number of nitrogens with one attached hydrogen (secondary N) is 1. The largest absolute Gasteiger partial charge is 0.405 e. The molecule has 212 valence electrons. The first kappa shape index (κ1) is 26.8. The molecular formula is C29H27F3N6O3. The highest BCUT2D eigenvalue weighted by Gasteiger charge is 2.28. The first-order valence-corrected chi connectivity index (χ1v) is 13.3. The maximum absolute atomic E-state index is 13.6. The number of ether oxygens (including phenoxy) is 1. The molecule has 3 aromatic heterocycles. The average molecular weight is 565 g/mol. The number of benzene rings is 2. The summed E-state index contributed by atoms with van der Waals surface area (Å²) in [4.78, 5) is 30.3. The van der Waals surface area contributed by atoms with Gasteiger partial charge >= 0.3 is 11.9 Å². The number of amides is 1. The highest BCUT2D eigenvalue weighted by Crippen LogP contribution is 2.32. The van der Waals surface area contributed by atoms with E-state index >= 15 is 0 Å². The summed E-state index contributed by atoms with van der Waals surface area (Å²) in [6, 6.07) is 12.6. The van der Waals surface area contributed by atoms with E-state index in [9.17, 15) is 22.8 Å². The van der Waals surface area contributed by atoms with Gasteiger partial charge in [0.25, 0.3) is 0 Å². The molecule has 0 bridgehead atoms. The molecule has 1 atom stereocenters. The minimum Gasteiger partial charge on any atom is -0.356 e. The Morgan fingerprint density at radius 3 is 2.61 bits per heavy atom. The summed E-state index contributed by atoms with van der Waals surface area (Å²) < 4.78 is 48.2. The summed E-state index contributed by atoms with van der Waals surface area (Å²) in [6.45, 7) is 0.533. The van der Waals surface area contributed by atoms with Crippen LogP contribution in [0.4, 0.5) is 13.2 Å². The molecule has 1 saturated heterocycles. The minimum atomic E-state index is -4.55. The molecule has 0 spiro atoms. The number of para-hydroxylation sites is 1. The first-order valence-electron chi connectivity index (χ1n) is 13.3. The van der Waals surface area contributed by atoms with Crippen molar-refractivity contribution in [2.45, 2.75) is 45.1 Å². The zero-order valence-corrected chi connectivity index (χ0v) is 22.2. The number of alkyl halides is 3. The molecule has 5 aromatic rings. The number of carbonyl (C=O) groups is 1. The molecule has 1 amide bonds. The third kappa shape index (κ3) is 5.10. The van der Waals surface area contributed by atoms with Gasteiger partial charge in [0, 0.05) is 23.8 Å². The van der Waals surface area contributed by atoms with Crippen molar-refractivity contribution in [1.82, 2.24) is 29.2 Å². The zero-order chi connectivity index (χ0) is 28.7. The van der Waals surface area contributed by atoms with Gasteiger partial charge < -0.3 is 10.1 Å². The lowest BCUT2D eigenvalue weighted by atomic mass is 10.0. The molecule has 1 fully saturated rings. The summed E-state index contributed by atoms with van der Waals surface area (Å²) in [5.41, 5.74) is 4.46. The van der Waals surface area contributed by atoms with Crippen LogP contribution in [-0.2, 0) is 16.1 Å². The summed E-state index contributed by atoms with van der Waals surface area (Å²) in [5, 5.41) is 7.35. The van der Waals surface area contributed by atoms with Crippen LogP contribution in [0.2, 0.25) is 0 Å². The van der Waals surface area contributed by atoms with Gasteiger partial charge in [-0.15, -0.1) is 0 Å². The number of aromatic nitrogens is 5. The van der Waals surface area contributed by atoms with E-state index in [1.165, 1.54) is 9.13 Å². The third-order valence-electron chi connectivity index (χ3n) is 7.33. The maximum atomic E-state index is 13.6. The van der Waals surface area contributed by atoms with E-state index in [-0.39, 0.29) is 6.23 Å². The van der Waals surface area contributed by atoms with E-state index < -0.39 is 30.9 Å². The van der Waals surface area contributed by atoms with Crippen LogP contribution in [0.1, 0.15) is 31.1 Å². The fourth-order valence-corrected chi connectivity index (χ4v) is 5.39. The molecule has 6 rings (SSSR count). The van der Waals surface area contributed by atoms with Crippen molar-refractivity contribution in [2.24, 2.45) is 0 Å². The number of halogens is 3. The van der Waals surface area contributed by atoms with Crippen LogP contribution in [0.25, 0.3) is 38.8 Å². The molecule has 1 N–H and O–H groups in total. The summed E-state index contributed by atoms with van der Waals surface area (Å²) in [5.74, 6) is -0.903. The van der Waals surface area contributed by atoms with Crippen molar-refractivity contribution in [3.8, 4) is 16.8 Å². The Morgan fingerprint density at radius 1 is 1.07 bits per heavy atom. The Balaban J connectivity index is 1.36. The summed E-state index contributed by atoms with van der Waals surface area (Å²) >= 11 is 0. The average Bonchev–Trinajstić information content (AvgIpc) is 3.52. The van der Waals surface area contributed by atoms with Crippen molar-refractivity contribution in [3.05, 3.63) is 77.1 Å². The van der Waals surface area contributed by atoms with E-state index in [1.54, 1.807) is 36.7 Å². The predicted molar refractivity (Wildman–Crippen MR) is 147 cm³/mol. The lowest BCUT2D eigenvalue weighted by Crippen LogP contribution is -2.37. The molecule has 9 nitrogen and oxygen atoms in total. The number of carbonyl (C=O) groups excluding carboxylic acids is 1. The molecule has 0 radical (unpaired) electrons. The Bertz CT molecular complexity index is 1800. The van der Waals surface area contributed by atoms with Crippen molar-refractivity contribution in [2.75, 3.05) is 13.2 Å². The predicted octanol–water partition coefficient (Wildman–Crippen LogP) is 4.89. The van der Waals surface area contributed by atoms with Gasteiger partial charge in [-0.25, -0.2) is 9.48 Å². The van der Waals surface area contributed by atoms with Gasteiger partial charge in [0.05, 0.1) is 34.6 Å². The second-order valence-corrected chi connectivity index (χ2v) is 10.1. The van der Waals surface area contributed by atoms with E-state index in [4.69, 9.17) is 4.74 Å². The zero-order valence-electron chi connectivity index (χ0n) is 22.2. The van der Waals surface area contributed by atoms with Crippen LogP contribution in [0, 0.1) is 6.92 Å². The highest BCUT2D eigenvalue weighted by molar-refractivity contribution is 5.94. The van der Waals surface area contributed by atoms with Crippen molar-refractivity contribution in [3.63, 3.8) is 0 Å². The van der Waals surface area contributed by atoms with Crippen molar-refractivity contribution < 1.29 is 22.7 Å². The highest BCUT2D eigenvalue weighted by atomic mass is 19.4. The fraction of sp³-hybridized carbons (Fsp3) is 0.310. The van der Waals surface area contributed by atoms with Crippen LogP contribution in [0.15, 0.2) is 65.8 Å². The smallest absolute Gasteiger partial charge is 0.356 e. The standard InChI is InChI=1S/C29H27F3N6O3/c1-18-5-4-6-23-27(18)37(28(40)36(23)16-25(39)34-17-29(30,31)32)20-10-8-19(9-11-20)21-13-33-15-24-22(21)14-35-38(24)26-7-2-3-12-41-26/h4-6,8-11,13-15,26H,2-3,7,12,16-17H2,1H3,(H,34,39). The Morgan fingerprint density at radius 2 is 1.88 bits per heavy atom. The molecule has 12 heteroatoms. The number of fused-ring (bicyclic) bond motifs is 2. The SMILES string of the molecule is Cc1cccc2c1n(-c1ccc(-c3cncc4c3cnn4C3CCCCO3)cc1)c(=O)n2CC(=O)NCC(F)(F)F. The normalized spacial score (nSPS) is 16.0. The van der Waals surface area contributed by atoms with Crippen molar-refractivity contribution in [1.29, 1.82) is 0 Å². The second-order valence-electron chi connectivity index (χ2n) is 10.1. The van der Waals surface area contributed by atoms with Crippen LogP contribution in [0.5, 0.6) is 0 Å². The molecule has 2 aromatic carbocycles. The molecule has 4 heterocycles. The Kier molecular flexibility index (Phi) is 6.86. The second kappa shape index (κ2) is 10.5. The van der Waals surface area contributed by atoms with Gasteiger partial charge in [-0.2, -0.15) is 18.3 Å². The number of hydrogen-bond donors (Lipinski definition) is 1. The van der Waals surface area contributed by atoms with Crippen LogP contribution in [0.3, 0.4) is 0 Å². The lowest BCUT2D eigenvalue weighted by Gasteiger charge is -2.23. The number of nitrogens with zero attached hydrogens (tertiary/aromatic N) is 5. The van der Waals surface area contributed by atoms with Gasteiger partial charge in [-0.1, -0.05) is 24.3 Å².